The van der Waals surface area contributed by atoms with E-state index in [0.717, 1.165) is 6.07 Å². The summed E-state index contributed by atoms with van der Waals surface area (Å²) in [6.07, 6.45) is -0.250. The lowest BCUT2D eigenvalue weighted by Crippen LogP contribution is -2.55. The maximum atomic E-state index is 13.8. The molecule has 1 heterocycles. The fraction of sp³-hybridized carbons (Fsp3) is 0.538. The van der Waals surface area contributed by atoms with Gasteiger partial charge >= 0.3 is 0 Å². The van der Waals surface area contributed by atoms with E-state index in [1.54, 1.807) is 0 Å². The zero-order valence-electron chi connectivity index (χ0n) is 11.3. The van der Waals surface area contributed by atoms with Crippen LogP contribution in [0.4, 0.5) is 4.39 Å². The second-order valence-electron chi connectivity index (χ2n) is 5.38. The standard InChI is InChI=1S/C13H17BrFNO3S/c1-13(2)9-16(8-10(7-14)19-13)20(17,18)12-6-4-3-5-11(12)15/h3-6,10H,7-9H2,1-2H3. The van der Waals surface area contributed by atoms with Crippen LogP contribution in [0.15, 0.2) is 29.2 Å². The molecular weight excluding hydrogens is 349 g/mol. The molecule has 1 fully saturated rings. The van der Waals surface area contributed by atoms with Crippen LogP contribution in [-0.2, 0) is 14.8 Å². The Bertz CT molecular complexity index is 591. The molecule has 1 aromatic carbocycles. The minimum Gasteiger partial charge on any atom is -0.369 e. The van der Waals surface area contributed by atoms with Crippen LogP contribution >= 0.6 is 15.9 Å². The molecule has 7 heteroatoms. The number of morpholine rings is 1. The molecular formula is C13H17BrFNO3S. The third-order valence-electron chi connectivity index (χ3n) is 3.08. The summed E-state index contributed by atoms with van der Waals surface area (Å²) >= 11 is 3.31. The SMILES string of the molecule is CC1(C)CN(S(=O)(=O)c2ccccc2F)CC(CBr)O1. The van der Waals surface area contributed by atoms with Gasteiger partial charge in [-0.15, -0.1) is 0 Å². The monoisotopic (exact) mass is 365 g/mol. The molecule has 0 saturated carbocycles. The summed E-state index contributed by atoms with van der Waals surface area (Å²) in [5.74, 6) is -0.729. The number of halogens is 2. The predicted molar refractivity (Wildman–Crippen MR) is 77.9 cm³/mol. The highest BCUT2D eigenvalue weighted by Gasteiger charge is 2.39. The molecule has 1 aromatic rings. The van der Waals surface area contributed by atoms with Crippen LogP contribution in [0.25, 0.3) is 0 Å². The van der Waals surface area contributed by atoms with E-state index in [4.69, 9.17) is 4.74 Å². The molecule has 2 rings (SSSR count). The summed E-state index contributed by atoms with van der Waals surface area (Å²) in [7, 11) is -3.85. The Morgan fingerprint density at radius 1 is 1.45 bits per heavy atom. The van der Waals surface area contributed by atoms with Gasteiger partial charge in [0.1, 0.15) is 10.7 Å². The number of hydrogen-bond acceptors (Lipinski definition) is 3. The van der Waals surface area contributed by atoms with Gasteiger partial charge < -0.3 is 4.74 Å². The van der Waals surface area contributed by atoms with Gasteiger partial charge in [0.2, 0.25) is 10.0 Å². The second-order valence-corrected chi connectivity index (χ2v) is 7.94. The summed E-state index contributed by atoms with van der Waals surface area (Å²) in [5.41, 5.74) is -0.602. The molecule has 1 atom stereocenters. The van der Waals surface area contributed by atoms with E-state index in [9.17, 15) is 12.8 Å². The maximum Gasteiger partial charge on any atom is 0.246 e. The highest BCUT2D eigenvalue weighted by molar-refractivity contribution is 9.09. The van der Waals surface area contributed by atoms with Crippen LogP contribution in [-0.4, -0.2) is 42.8 Å². The molecule has 1 unspecified atom stereocenters. The summed E-state index contributed by atoms with van der Waals surface area (Å²) < 4.78 is 46.0. The van der Waals surface area contributed by atoms with E-state index in [1.165, 1.54) is 22.5 Å². The molecule has 0 bridgehead atoms. The fourth-order valence-corrected chi connectivity index (χ4v) is 4.32. The lowest BCUT2D eigenvalue weighted by molar-refractivity contribution is -0.107. The molecule has 0 radical (unpaired) electrons. The topological polar surface area (TPSA) is 46.6 Å². The van der Waals surface area contributed by atoms with Crippen LogP contribution in [0.1, 0.15) is 13.8 Å². The quantitative estimate of drug-likeness (QED) is 0.772. The molecule has 4 nitrogen and oxygen atoms in total. The summed E-state index contributed by atoms with van der Waals surface area (Å²) in [4.78, 5) is -0.286. The number of ether oxygens (including phenoxy) is 1. The van der Waals surface area contributed by atoms with Gasteiger partial charge in [0.05, 0.1) is 11.7 Å². The largest absolute Gasteiger partial charge is 0.369 e. The van der Waals surface area contributed by atoms with Crippen molar-refractivity contribution in [2.45, 2.75) is 30.4 Å². The van der Waals surface area contributed by atoms with Gasteiger partial charge in [-0.05, 0) is 26.0 Å². The van der Waals surface area contributed by atoms with Crippen LogP contribution in [0, 0.1) is 5.82 Å². The van der Waals surface area contributed by atoms with E-state index in [2.05, 4.69) is 15.9 Å². The van der Waals surface area contributed by atoms with E-state index >= 15 is 0 Å². The first-order valence-electron chi connectivity index (χ1n) is 6.25. The van der Waals surface area contributed by atoms with Crippen molar-refractivity contribution in [1.82, 2.24) is 4.31 Å². The zero-order chi connectivity index (χ0) is 15.0. The van der Waals surface area contributed by atoms with Crippen molar-refractivity contribution in [2.24, 2.45) is 0 Å². The Morgan fingerprint density at radius 3 is 2.70 bits per heavy atom. The lowest BCUT2D eigenvalue weighted by atomic mass is 10.1. The van der Waals surface area contributed by atoms with Crippen molar-refractivity contribution in [3.63, 3.8) is 0 Å². The summed E-state index contributed by atoms with van der Waals surface area (Å²) in [6.45, 7) is 4.07. The summed E-state index contributed by atoms with van der Waals surface area (Å²) in [5, 5.41) is 0.528. The van der Waals surface area contributed by atoms with Gasteiger partial charge in [-0.1, -0.05) is 28.1 Å². The predicted octanol–water partition coefficient (Wildman–Crippen LogP) is 2.39. The fourth-order valence-electron chi connectivity index (χ4n) is 2.30. The normalized spacial score (nSPS) is 23.7. The summed E-state index contributed by atoms with van der Waals surface area (Å²) in [6, 6.07) is 5.43. The van der Waals surface area contributed by atoms with Gasteiger partial charge in [0.15, 0.2) is 0 Å². The van der Waals surface area contributed by atoms with E-state index in [-0.39, 0.29) is 24.1 Å². The van der Waals surface area contributed by atoms with Crippen molar-refractivity contribution >= 4 is 26.0 Å². The number of sulfonamides is 1. The Labute approximate surface area is 127 Å². The van der Waals surface area contributed by atoms with Crippen LogP contribution < -0.4 is 0 Å². The minimum atomic E-state index is -3.85. The number of benzene rings is 1. The van der Waals surface area contributed by atoms with Crippen molar-refractivity contribution in [3.8, 4) is 0 Å². The van der Waals surface area contributed by atoms with Gasteiger partial charge in [-0.2, -0.15) is 4.31 Å². The van der Waals surface area contributed by atoms with Crippen LogP contribution in [0.3, 0.4) is 0 Å². The van der Waals surface area contributed by atoms with Crippen molar-refractivity contribution in [2.75, 3.05) is 18.4 Å². The molecule has 0 spiro atoms. The third-order valence-corrected chi connectivity index (χ3v) is 5.64. The average Bonchev–Trinajstić information content (AvgIpc) is 2.37. The zero-order valence-corrected chi connectivity index (χ0v) is 13.7. The minimum absolute atomic E-state index is 0.202. The molecule has 1 saturated heterocycles. The van der Waals surface area contributed by atoms with Gasteiger partial charge in [0, 0.05) is 18.4 Å². The van der Waals surface area contributed by atoms with Crippen LogP contribution in [0.5, 0.6) is 0 Å². The molecule has 20 heavy (non-hydrogen) atoms. The van der Waals surface area contributed by atoms with Crippen molar-refractivity contribution in [3.05, 3.63) is 30.1 Å². The smallest absolute Gasteiger partial charge is 0.246 e. The number of hydrogen-bond donors (Lipinski definition) is 0. The Kier molecular flexibility index (Phi) is 4.53. The highest BCUT2D eigenvalue weighted by Crippen LogP contribution is 2.28. The molecule has 0 aromatic heterocycles. The number of rotatable bonds is 3. The molecule has 1 aliphatic rings. The molecule has 112 valence electrons. The van der Waals surface area contributed by atoms with Gasteiger partial charge in [0.25, 0.3) is 0 Å². The van der Waals surface area contributed by atoms with E-state index < -0.39 is 21.4 Å². The second kappa shape index (κ2) is 5.71. The highest BCUT2D eigenvalue weighted by atomic mass is 79.9. The molecule has 0 aliphatic carbocycles. The third kappa shape index (κ3) is 3.21. The first-order chi connectivity index (χ1) is 9.26. The van der Waals surface area contributed by atoms with Gasteiger partial charge in [-0.25, -0.2) is 12.8 Å². The van der Waals surface area contributed by atoms with Crippen molar-refractivity contribution in [1.29, 1.82) is 0 Å². The van der Waals surface area contributed by atoms with Gasteiger partial charge in [-0.3, -0.25) is 0 Å². The lowest BCUT2D eigenvalue weighted by Gasteiger charge is -2.41. The average molecular weight is 366 g/mol. The Balaban J connectivity index is 2.36. The Hall–Kier alpha value is -0.500. The Morgan fingerprint density at radius 2 is 2.10 bits per heavy atom. The number of nitrogens with zero attached hydrogens (tertiary/aromatic N) is 1. The van der Waals surface area contributed by atoms with E-state index in [1.807, 2.05) is 13.8 Å². The maximum absolute atomic E-state index is 13.8. The molecule has 0 amide bonds. The first kappa shape index (κ1) is 15.9. The van der Waals surface area contributed by atoms with E-state index in [0.29, 0.717) is 5.33 Å². The van der Waals surface area contributed by atoms with Crippen LogP contribution in [0.2, 0.25) is 0 Å². The van der Waals surface area contributed by atoms with Crippen molar-refractivity contribution < 1.29 is 17.5 Å². The molecule has 0 N–H and O–H groups in total. The first-order valence-corrected chi connectivity index (χ1v) is 8.81. The molecule has 1 aliphatic heterocycles. The number of alkyl halides is 1.